The number of nitrogens with zero attached hydrogens (tertiary/aromatic N) is 1. The number of amides is 3. The van der Waals surface area contributed by atoms with Gasteiger partial charge in [-0.1, -0.05) is 19.6 Å². The molecule has 1 aliphatic rings. The molecule has 0 aliphatic carbocycles. The van der Waals surface area contributed by atoms with Crippen LogP contribution in [-0.2, 0) is 4.79 Å². The van der Waals surface area contributed by atoms with Crippen LogP contribution in [0.2, 0.25) is 0 Å². The maximum Gasteiger partial charge on any atom is 0.408 e. The van der Waals surface area contributed by atoms with E-state index in [1.165, 1.54) is 12.1 Å². The third-order valence-electron chi connectivity index (χ3n) is 3.53. The lowest BCUT2D eigenvalue weighted by molar-refractivity contribution is -0.162. The molecule has 1 unspecified atom stereocenters. The van der Waals surface area contributed by atoms with E-state index in [2.05, 4.69) is 0 Å². The van der Waals surface area contributed by atoms with Crippen LogP contribution < -0.4 is 5.32 Å². The Kier molecular flexibility index (Phi) is 6.11. The van der Waals surface area contributed by atoms with Gasteiger partial charge in [0.05, 0.1) is 11.1 Å². The van der Waals surface area contributed by atoms with Gasteiger partial charge in [0.15, 0.2) is 0 Å². The first-order valence-corrected chi connectivity index (χ1v) is 7.01. The van der Waals surface area contributed by atoms with Gasteiger partial charge in [0.1, 0.15) is 6.04 Å². The predicted octanol–water partition coefficient (Wildman–Crippen LogP) is 2.77. The summed E-state index contributed by atoms with van der Waals surface area (Å²) in [7, 11) is 0. The summed E-state index contributed by atoms with van der Waals surface area (Å²) in [6.07, 6.45) is -5.04. The van der Waals surface area contributed by atoms with Gasteiger partial charge < -0.3 is 5.32 Å². The molecule has 0 fully saturated rings. The molecular formula is C16H19F3N2O3. The summed E-state index contributed by atoms with van der Waals surface area (Å²) in [5, 5.41) is 1.83. The molecule has 5 nitrogen and oxygen atoms in total. The Morgan fingerprint density at radius 2 is 1.67 bits per heavy atom. The average Bonchev–Trinajstić information content (AvgIpc) is 2.70. The highest BCUT2D eigenvalue weighted by Gasteiger charge is 2.40. The largest absolute Gasteiger partial charge is 0.408 e. The fraction of sp³-hybridized carbons (Fsp3) is 0.438. The topological polar surface area (TPSA) is 66.5 Å². The summed E-state index contributed by atoms with van der Waals surface area (Å²) in [6.45, 7) is 0.876. The predicted molar refractivity (Wildman–Crippen MR) is 81.4 cm³/mol. The van der Waals surface area contributed by atoms with Gasteiger partial charge in [-0.15, -0.1) is 0 Å². The Balaban J connectivity index is 0.00000288. The zero-order chi connectivity index (χ0) is 17.2. The maximum absolute atomic E-state index is 12.8. The van der Waals surface area contributed by atoms with Gasteiger partial charge >= 0.3 is 6.18 Å². The number of rotatable bonds is 5. The molecule has 0 saturated carbocycles. The minimum Gasteiger partial charge on any atom is -0.345 e. The molecule has 0 radical (unpaired) electrons. The minimum atomic E-state index is -4.58. The smallest absolute Gasteiger partial charge is 0.345 e. The SMILES string of the molecule is C.CC(=O)NC(CCCN1C(=O)c2ccccc2C1=O)C(F)(F)F. The fourth-order valence-corrected chi connectivity index (χ4v) is 2.46. The number of imide groups is 1. The van der Waals surface area contributed by atoms with Crippen LogP contribution in [-0.4, -0.2) is 41.4 Å². The van der Waals surface area contributed by atoms with Gasteiger partial charge in [-0.3, -0.25) is 19.3 Å². The molecule has 2 rings (SSSR count). The van der Waals surface area contributed by atoms with E-state index < -0.39 is 36.4 Å². The van der Waals surface area contributed by atoms with Crippen LogP contribution in [0.5, 0.6) is 0 Å². The lowest BCUT2D eigenvalue weighted by Crippen LogP contribution is -2.45. The fourth-order valence-electron chi connectivity index (χ4n) is 2.46. The molecule has 1 heterocycles. The van der Waals surface area contributed by atoms with Crippen molar-refractivity contribution in [2.45, 2.75) is 39.4 Å². The second-order valence-electron chi connectivity index (χ2n) is 5.24. The Bertz CT molecular complexity index is 609. The summed E-state index contributed by atoms with van der Waals surface area (Å²) >= 11 is 0. The summed E-state index contributed by atoms with van der Waals surface area (Å²) in [6, 6.07) is 4.25. The first kappa shape index (κ1) is 19.7. The normalized spacial score (nSPS) is 14.9. The molecule has 1 aromatic carbocycles. The van der Waals surface area contributed by atoms with Crippen molar-refractivity contribution in [2.75, 3.05) is 6.54 Å². The van der Waals surface area contributed by atoms with E-state index in [1.54, 1.807) is 12.1 Å². The number of alkyl halides is 3. The molecule has 24 heavy (non-hydrogen) atoms. The van der Waals surface area contributed by atoms with Crippen molar-refractivity contribution in [1.82, 2.24) is 10.2 Å². The molecule has 0 aromatic heterocycles. The molecule has 8 heteroatoms. The summed E-state index contributed by atoms with van der Waals surface area (Å²) in [5.74, 6) is -1.80. The Hall–Kier alpha value is -2.38. The standard InChI is InChI=1S/C15H15F3N2O3.CH4/c1-9(21)19-12(15(16,17)18)7-4-8-20-13(22)10-5-2-3-6-11(10)14(20)23;/h2-3,5-6,12H,4,7-8H2,1H3,(H,19,21);1H4. The molecule has 1 N–H and O–H groups in total. The van der Waals surface area contributed by atoms with Crippen molar-refractivity contribution in [3.05, 3.63) is 35.4 Å². The van der Waals surface area contributed by atoms with E-state index in [0.717, 1.165) is 11.8 Å². The molecule has 3 amide bonds. The highest BCUT2D eigenvalue weighted by Crippen LogP contribution is 2.26. The van der Waals surface area contributed by atoms with Gasteiger partial charge in [-0.25, -0.2) is 0 Å². The van der Waals surface area contributed by atoms with Crippen LogP contribution in [0.3, 0.4) is 0 Å². The van der Waals surface area contributed by atoms with Gasteiger partial charge in [-0.2, -0.15) is 13.2 Å². The van der Waals surface area contributed by atoms with Gasteiger partial charge in [0.2, 0.25) is 5.91 Å². The zero-order valence-electron chi connectivity index (χ0n) is 12.3. The number of nitrogens with one attached hydrogen (secondary N) is 1. The van der Waals surface area contributed by atoms with Crippen LogP contribution in [0.25, 0.3) is 0 Å². The highest BCUT2D eigenvalue weighted by atomic mass is 19.4. The molecule has 0 bridgehead atoms. The summed E-state index contributed by atoms with van der Waals surface area (Å²) in [4.78, 5) is 35.9. The maximum atomic E-state index is 12.8. The third-order valence-corrected chi connectivity index (χ3v) is 3.53. The second-order valence-corrected chi connectivity index (χ2v) is 5.24. The van der Waals surface area contributed by atoms with Crippen molar-refractivity contribution in [2.24, 2.45) is 0 Å². The van der Waals surface area contributed by atoms with Crippen LogP contribution in [0.4, 0.5) is 13.2 Å². The van der Waals surface area contributed by atoms with Crippen molar-refractivity contribution in [1.29, 1.82) is 0 Å². The second kappa shape index (κ2) is 7.46. The lowest BCUT2D eigenvalue weighted by Gasteiger charge is -2.22. The van der Waals surface area contributed by atoms with Crippen molar-refractivity contribution in [3.8, 4) is 0 Å². The van der Waals surface area contributed by atoms with E-state index in [4.69, 9.17) is 0 Å². The zero-order valence-corrected chi connectivity index (χ0v) is 12.3. The first-order valence-electron chi connectivity index (χ1n) is 7.01. The molecule has 0 saturated heterocycles. The number of hydrogen-bond acceptors (Lipinski definition) is 3. The Morgan fingerprint density at radius 3 is 2.08 bits per heavy atom. The van der Waals surface area contributed by atoms with Crippen LogP contribution >= 0.6 is 0 Å². The first-order chi connectivity index (χ1) is 10.7. The van der Waals surface area contributed by atoms with Gasteiger partial charge in [-0.05, 0) is 25.0 Å². The number of benzene rings is 1. The van der Waals surface area contributed by atoms with E-state index in [1.807, 2.05) is 5.32 Å². The van der Waals surface area contributed by atoms with Crippen molar-refractivity contribution >= 4 is 17.7 Å². The number of fused-ring (bicyclic) bond motifs is 1. The quantitative estimate of drug-likeness (QED) is 0.835. The molecule has 1 atom stereocenters. The number of carbonyl (C=O) groups excluding carboxylic acids is 3. The van der Waals surface area contributed by atoms with Crippen LogP contribution in [0.15, 0.2) is 24.3 Å². The van der Waals surface area contributed by atoms with Crippen molar-refractivity contribution < 1.29 is 27.6 Å². The molecular weight excluding hydrogens is 325 g/mol. The van der Waals surface area contributed by atoms with Crippen molar-refractivity contribution in [3.63, 3.8) is 0 Å². The Morgan fingerprint density at radius 1 is 1.17 bits per heavy atom. The molecule has 0 spiro atoms. The summed E-state index contributed by atoms with van der Waals surface area (Å²) < 4.78 is 38.4. The lowest BCUT2D eigenvalue weighted by atomic mass is 10.1. The van der Waals surface area contributed by atoms with E-state index in [-0.39, 0.29) is 31.5 Å². The monoisotopic (exact) mass is 344 g/mol. The minimum absolute atomic E-state index is 0. The van der Waals surface area contributed by atoms with Crippen LogP contribution in [0, 0.1) is 0 Å². The Labute approximate surface area is 137 Å². The van der Waals surface area contributed by atoms with Gasteiger partial charge in [0, 0.05) is 13.5 Å². The van der Waals surface area contributed by atoms with Gasteiger partial charge in [0.25, 0.3) is 11.8 Å². The number of halogens is 3. The molecule has 132 valence electrons. The number of hydrogen-bond donors (Lipinski definition) is 1. The van der Waals surface area contributed by atoms with E-state index in [9.17, 15) is 27.6 Å². The summed E-state index contributed by atoms with van der Waals surface area (Å²) in [5.41, 5.74) is 0.512. The van der Waals surface area contributed by atoms with E-state index >= 15 is 0 Å². The molecule has 1 aliphatic heterocycles. The number of carbonyl (C=O) groups is 3. The van der Waals surface area contributed by atoms with E-state index in [0.29, 0.717) is 0 Å². The average molecular weight is 344 g/mol. The third kappa shape index (κ3) is 4.12. The van der Waals surface area contributed by atoms with Crippen LogP contribution in [0.1, 0.15) is 47.9 Å². The highest BCUT2D eigenvalue weighted by molar-refractivity contribution is 6.21. The molecule has 1 aromatic rings.